The van der Waals surface area contributed by atoms with Crippen molar-refractivity contribution < 1.29 is 29.6 Å². The lowest BCUT2D eigenvalue weighted by atomic mass is 9.70. The molecule has 6 nitrogen and oxygen atoms in total. The number of benzene rings is 3. The largest absolute Gasteiger partial charge is 0.508 e. The molecule has 0 amide bonds. The van der Waals surface area contributed by atoms with Gasteiger partial charge < -0.3 is 20.1 Å². The van der Waals surface area contributed by atoms with Crippen LogP contribution >= 0.6 is 0 Å². The Morgan fingerprint density at radius 1 is 0.718 bits per heavy atom. The number of hydrogen-bond acceptors (Lipinski definition) is 5. The van der Waals surface area contributed by atoms with Crippen molar-refractivity contribution in [2.45, 2.75) is 84.7 Å². The van der Waals surface area contributed by atoms with Gasteiger partial charge in [-0.15, -0.1) is 0 Å². The number of rotatable bonds is 11. The summed E-state index contributed by atoms with van der Waals surface area (Å²) in [5.41, 5.74) is 4.49. The van der Waals surface area contributed by atoms with Crippen LogP contribution in [-0.4, -0.2) is 27.3 Å². The van der Waals surface area contributed by atoms with Gasteiger partial charge in [0.15, 0.2) is 5.60 Å². The standard InChI is InChI=1S/C33H38O6/c1-5-9-20-15-25(34)16-21(10-6-2)29(20)33(28-19-24(31(36)37)13-14-27(28)32(38)39-33)30-22(11-7-3)17-26(35)18-23(30)12-8-4/h13-19,34-35H,5-12H2,1-4H3,(H,36,37). The average molecular weight is 531 g/mol. The van der Waals surface area contributed by atoms with Gasteiger partial charge in [0.25, 0.3) is 0 Å². The molecule has 1 aliphatic rings. The summed E-state index contributed by atoms with van der Waals surface area (Å²) in [6.45, 7) is 8.23. The number of carbonyl (C=O) groups excluding carboxylic acids is 1. The van der Waals surface area contributed by atoms with Gasteiger partial charge in [-0.1, -0.05) is 53.4 Å². The van der Waals surface area contributed by atoms with Crippen LogP contribution in [0.2, 0.25) is 0 Å². The van der Waals surface area contributed by atoms with E-state index in [-0.39, 0.29) is 17.1 Å². The minimum atomic E-state index is -1.43. The van der Waals surface area contributed by atoms with Crippen LogP contribution in [0.15, 0.2) is 42.5 Å². The van der Waals surface area contributed by atoms with E-state index >= 15 is 0 Å². The molecular formula is C33H38O6. The minimum Gasteiger partial charge on any atom is -0.508 e. The molecule has 3 aromatic carbocycles. The van der Waals surface area contributed by atoms with Gasteiger partial charge in [-0.2, -0.15) is 0 Å². The highest BCUT2D eigenvalue weighted by Gasteiger charge is 2.52. The molecule has 1 heterocycles. The number of hydrogen-bond donors (Lipinski definition) is 3. The number of esters is 1. The third-order valence-corrected chi connectivity index (χ3v) is 7.47. The predicted molar refractivity (Wildman–Crippen MR) is 151 cm³/mol. The highest BCUT2D eigenvalue weighted by molar-refractivity contribution is 5.99. The molecule has 4 rings (SSSR count). The second kappa shape index (κ2) is 11.5. The molecule has 0 saturated carbocycles. The monoisotopic (exact) mass is 530 g/mol. The number of aryl methyl sites for hydroxylation is 4. The number of aromatic hydroxyl groups is 2. The van der Waals surface area contributed by atoms with Gasteiger partial charge in [0, 0.05) is 16.7 Å². The molecule has 3 aromatic rings. The number of carbonyl (C=O) groups is 2. The Hall–Kier alpha value is -3.80. The summed E-state index contributed by atoms with van der Waals surface area (Å²) >= 11 is 0. The highest BCUT2D eigenvalue weighted by Crippen LogP contribution is 2.53. The molecule has 0 saturated heterocycles. The maximum atomic E-state index is 13.7. The van der Waals surface area contributed by atoms with Crippen LogP contribution in [0.5, 0.6) is 11.5 Å². The van der Waals surface area contributed by atoms with Crippen molar-refractivity contribution in [1.82, 2.24) is 0 Å². The Morgan fingerprint density at radius 2 is 1.13 bits per heavy atom. The molecule has 0 spiro atoms. The Bertz CT molecular complexity index is 1280. The lowest BCUT2D eigenvalue weighted by Gasteiger charge is -2.37. The second-order valence-electron chi connectivity index (χ2n) is 10.4. The number of carboxylic acids is 1. The van der Waals surface area contributed by atoms with Gasteiger partial charge in [-0.25, -0.2) is 9.59 Å². The molecular weight excluding hydrogens is 492 g/mol. The van der Waals surface area contributed by atoms with Crippen LogP contribution in [0.25, 0.3) is 0 Å². The Labute approximate surface area is 230 Å². The van der Waals surface area contributed by atoms with E-state index in [2.05, 4.69) is 27.7 Å². The first-order chi connectivity index (χ1) is 18.7. The number of ether oxygens (including phenoxy) is 1. The third-order valence-electron chi connectivity index (χ3n) is 7.47. The molecule has 0 aliphatic carbocycles. The van der Waals surface area contributed by atoms with Crippen LogP contribution in [0, 0.1) is 0 Å². The van der Waals surface area contributed by atoms with E-state index in [1.807, 2.05) is 0 Å². The summed E-state index contributed by atoms with van der Waals surface area (Å²) < 4.78 is 6.56. The van der Waals surface area contributed by atoms with E-state index in [0.717, 1.165) is 59.1 Å². The molecule has 3 N–H and O–H groups in total. The van der Waals surface area contributed by atoms with Crippen LogP contribution < -0.4 is 0 Å². The molecule has 0 aromatic heterocycles. The SMILES string of the molecule is CCCc1cc(O)cc(CCC)c1C1(c2c(CCC)cc(O)cc2CCC)OC(=O)c2ccc(C(=O)O)cc21. The fourth-order valence-electron chi connectivity index (χ4n) is 6.16. The second-order valence-corrected chi connectivity index (χ2v) is 10.4. The lowest BCUT2D eigenvalue weighted by Crippen LogP contribution is -2.35. The van der Waals surface area contributed by atoms with Gasteiger partial charge in [0.05, 0.1) is 11.1 Å². The smallest absolute Gasteiger partial charge is 0.340 e. The quantitative estimate of drug-likeness (QED) is 0.229. The normalized spacial score (nSPS) is 13.8. The number of phenolic OH excluding ortho intramolecular Hbond substituents is 2. The molecule has 6 heteroatoms. The van der Waals surface area contributed by atoms with Crippen molar-refractivity contribution in [3.8, 4) is 11.5 Å². The van der Waals surface area contributed by atoms with E-state index in [9.17, 15) is 24.9 Å². The van der Waals surface area contributed by atoms with Gasteiger partial charge >= 0.3 is 11.9 Å². The minimum absolute atomic E-state index is 0.0668. The zero-order valence-electron chi connectivity index (χ0n) is 23.3. The van der Waals surface area contributed by atoms with Crippen molar-refractivity contribution in [2.24, 2.45) is 0 Å². The number of phenols is 2. The lowest BCUT2D eigenvalue weighted by molar-refractivity contribution is 0.0241. The topological polar surface area (TPSA) is 104 Å². The zero-order chi connectivity index (χ0) is 28.3. The summed E-state index contributed by atoms with van der Waals surface area (Å²) in [7, 11) is 0. The molecule has 39 heavy (non-hydrogen) atoms. The number of cyclic esters (lactones) is 1. The summed E-state index contributed by atoms with van der Waals surface area (Å²) in [5.74, 6) is -1.30. The van der Waals surface area contributed by atoms with Gasteiger partial charge in [-0.3, -0.25) is 0 Å². The molecule has 0 radical (unpaired) electrons. The summed E-state index contributed by atoms with van der Waals surface area (Å²) in [6.07, 6.45) is 5.74. The van der Waals surface area contributed by atoms with Gasteiger partial charge in [0.2, 0.25) is 0 Å². The third kappa shape index (κ3) is 5.00. The highest BCUT2D eigenvalue weighted by atomic mass is 16.6. The van der Waals surface area contributed by atoms with Crippen LogP contribution in [0.4, 0.5) is 0 Å². The van der Waals surface area contributed by atoms with Crippen LogP contribution in [0.1, 0.15) is 113 Å². The van der Waals surface area contributed by atoms with E-state index in [4.69, 9.17) is 4.74 Å². The number of carboxylic acid groups (broad SMARTS) is 1. The molecule has 0 fully saturated rings. The molecule has 0 atom stereocenters. The summed E-state index contributed by atoms with van der Waals surface area (Å²) in [6, 6.07) is 11.5. The molecule has 1 aliphatic heterocycles. The molecule has 0 bridgehead atoms. The van der Waals surface area contributed by atoms with E-state index in [0.29, 0.717) is 36.8 Å². The van der Waals surface area contributed by atoms with Crippen molar-refractivity contribution >= 4 is 11.9 Å². The predicted octanol–water partition coefficient (Wildman–Crippen LogP) is 7.07. The number of fused-ring (bicyclic) bond motifs is 1. The molecule has 206 valence electrons. The first-order valence-corrected chi connectivity index (χ1v) is 14.0. The van der Waals surface area contributed by atoms with Crippen molar-refractivity contribution in [2.75, 3.05) is 0 Å². The van der Waals surface area contributed by atoms with E-state index in [1.165, 1.54) is 6.07 Å². The summed E-state index contributed by atoms with van der Waals surface area (Å²) in [5, 5.41) is 31.4. The average Bonchev–Trinajstić information content (AvgIpc) is 3.16. The maximum absolute atomic E-state index is 13.7. The Kier molecular flexibility index (Phi) is 8.34. The zero-order valence-corrected chi connectivity index (χ0v) is 23.3. The maximum Gasteiger partial charge on any atom is 0.340 e. The van der Waals surface area contributed by atoms with Crippen LogP contribution in [0.3, 0.4) is 0 Å². The first kappa shape index (κ1) is 28.2. The fraction of sp³-hybridized carbons (Fsp3) is 0.394. The van der Waals surface area contributed by atoms with Crippen LogP contribution in [-0.2, 0) is 36.0 Å². The summed E-state index contributed by atoms with van der Waals surface area (Å²) in [4.78, 5) is 25.8. The van der Waals surface area contributed by atoms with Gasteiger partial charge in [0.1, 0.15) is 11.5 Å². The van der Waals surface area contributed by atoms with E-state index < -0.39 is 17.5 Å². The number of aromatic carboxylic acids is 1. The van der Waals surface area contributed by atoms with Crippen molar-refractivity contribution in [1.29, 1.82) is 0 Å². The fourth-order valence-corrected chi connectivity index (χ4v) is 6.16. The molecule has 0 unspecified atom stereocenters. The van der Waals surface area contributed by atoms with Crippen molar-refractivity contribution in [3.05, 3.63) is 92.5 Å². The van der Waals surface area contributed by atoms with E-state index in [1.54, 1.807) is 36.4 Å². The Morgan fingerprint density at radius 3 is 1.49 bits per heavy atom. The Balaban J connectivity index is 2.28. The first-order valence-electron chi connectivity index (χ1n) is 14.0. The van der Waals surface area contributed by atoms with Gasteiger partial charge in [-0.05, 0) is 90.4 Å². The van der Waals surface area contributed by atoms with Crippen molar-refractivity contribution in [3.63, 3.8) is 0 Å².